The first-order valence-corrected chi connectivity index (χ1v) is 16.3. The minimum absolute atomic E-state index is 0.0240. The van der Waals surface area contributed by atoms with E-state index in [0.717, 1.165) is 16.7 Å². The number of aromatic nitrogens is 1. The summed E-state index contributed by atoms with van der Waals surface area (Å²) in [7, 11) is -4.11. The van der Waals surface area contributed by atoms with Gasteiger partial charge in [0.25, 0.3) is 11.9 Å². The van der Waals surface area contributed by atoms with Crippen molar-refractivity contribution in [1.29, 1.82) is 0 Å². The lowest BCUT2D eigenvalue weighted by Crippen LogP contribution is -2.53. The van der Waals surface area contributed by atoms with Crippen LogP contribution in [0.5, 0.6) is 5.75 Å². The second-order valence-corrected chi connectivity index (χ2v) is 13.5. The summed E-state index contributed by atoms with van der Waals surface area (Å²) >= 11 is 0. The molecule has 12 heteroatoms. The van der Waals surface area contributed by atoms with Crippen molar-refractivity contribution in [2.45, 2.75) is 63.7 Å². The van der Waals surface area contributed by atoms with E-state index >= 15 is 0 Å². The summed E-state index contributed by atoms with van der Waals surface area (Å²) in [5, 5.41) is 24.3. The molecule has 242 valence electrons. The Kier molecular flexibility index (Phi) is 11.2. The fourth-order valence-electron chi connectivity index (χ4n) is 5.16. The number of hydrogen-bond donors (Lipinski definition) is 4. The predicted molar refractivity (Wildman–Crippen MR) is 172 cm³/mol. The first-order chi connectivity index (χ1) is 21.4. The number of carbonyl (C=O) groups excluding carboxylic acids is 1. The zero-order chi connectivity index (χ0) is 32.7. The SMILES string of the molecule is Cc1cccc(C)c1OC(CCO)C(=O)NC(Cc1ccccc1)C(O)CN(CC(C)C)S(=O)(=O)c1ccc2nc(N)oc2c1. The van der Waals surface area contributed by atoms with Gasteiger partial charge in [-0.05, 0) is 55.0 Å². The van der Waals surface area contributed by atoms with Gasteiger partial charge in [-0.2, -0.15) is 9.29 Å². The number of fused-ring (bicyclic) bond motifs is 1. The van der Waals surface area contributed by atoms with Crippen LogP contribution in [0.15, 0.2) is 76.0 Å². The van der Waals surface area contributed by atoms with E-state index in [1.165, 1.54) is 22.5 Å². The van der Waals surface area contributed by atoms with Crippen molar-refractivity contribution in [2.24, 2.45) is 5.92 Å². The van der Waals surface area contributed by atoms with Gasteiger partial charge in [-0.15, -0.1) is 0 Å². The first kappa shape index (κ1) is 33.9. The van der Waals surface area contributed by atoms with Gasteiger partial charge in [-0.25, -0.2) is 8.42 Å². The van der Waals surface area contributed by atoms with Gasteiger partial charge in [-0.1, -0.05) is 62.4 Å². The monoisotopic (exact) mass is 638 g/mol. The molecule has 0 saturated carbocycles. The highest BCUT2D eigenvalue weighted by atomic mass is 32.2. The molecule has 1 aromatic heterocycles. The van der Waals surface area contributed by atoms with Crippen LogP contribution >= 0.6 is 0 Å². The predicted octanol–water partition coefficient (Wildman–Crippen LogP) is 3.59. The number of para-hydroxylation sites is 1. The molecule has 4 rings (SSSR count). The molecule has 3 aromatic carbocycles. The molecule has 0 saturated heterocycles. The number of oxazole rings is 1. The lowest BCUT2D eigenvalue weighted by Gasteiger charge is -2.31. The number of anilines is 1. The summed E-state index contributed by atoms with van der Waals surface area (Å²) in [6, 6.07) is 18.3. The van der Waals surface area contributed by atoms with Crippen LogP contribution in [0.2, 0.25) is 0 Å². The third-order valence-corrected chi connectivity index (χ3v) is 9.24. The summed E-state index contributed by atoms with van der Waals surface area (Å²) in [6.07, 6.45) is -2.10. The zero-order valence-corrected chi connectivity index (χ0v) is 26.8. The van der Waals surface area contributed by atoms with E-state index < -0.39 is 34.2 Å². The number of carbonyl (C=O) groups is 1. The van der Waals surface area contributed by atoms with Gasteiger partial charge in [0.2, 0.25) is 10.0 Å². The molecular formula is C33H42N4O7S. The lowest BCUT2D eigenvalue weighted by molar-refractivity contribution is -0.130. The van der Waals surface area contributed by atoms with E-state index in [-0.39, 0.29) is 54.9 Å². The molecule has 45 heavy (non-hydrogen) atoms. The number of rotatable bonds is 15. The normalized spacial score (nSPS) is 14.0. The molecule has 1 amide bonds. The van der Waals surface area contributed by atoms with Crippen LogP contribution in [-0.4, -0.2) is 71.8 Å². The van der Waals surface area contributed by atoms with Crippen LogP contribution in [0.4, 0.5) is 6.01 Å². The fourth-order valence-corrected chi connectivity index (χ4v) is 6.80. The van der Waals surface area contributed by atoms with Crippen LogP contribution in [0.3, 0.4) is 0 Å². The first-order valence-electron chi connectivity index (χ1n) is 14.9. The Morgan fingerprint density at radius 3 is 2.38 bits per heavy atom. The Morgan fingerprint density at radius 1 is 1.04 bits per heavy atom. The number of hydrogen-bond acceptors (Lipinski definition) is 9. The molecule has 0 aliphatic carbocycles. The van der Waals surface area contributed by atoms with Gasteiger partial charge in [-0.3, -0.25) is 4.79 Å². The molecule has 0 spiro atoms. The number of nitrogens with zero attached hydrogens (tertiary/aromatic N) is 2. The molecule has 4 aromatic rings. The Morgan fingerprint density at radius 2 is 1.73 bits per heavy atom. The highest BCUT2D eigenvalue weighted by molar-refractivity contribution is 7.89. The zero-order valence-electron chi connectivity index (χ0n) is 26.0. The molecule has 0 bridgehead atoms. The Balaban J connectivity index is 1.62. The maximum absolute atomic E-state index is 13.9. The average Bonchev–Trinajstić information content (AvgIpc) is 3.37. The number of nitrogen functional groups attached to an aromatic ring is 1. The van der Waals surface area contributed by atoms with Gasteiger partial charge < -0.3 is 30.4 Å². The largest absolute Gasteiger partial charge is 0.480 e. The molecule has 1 heterocycles. The Labute approximate surface area is 264 Å². The number of aliphatic hydroxyl groups excluding tert-OH is 2. The number of ether oxygens (including phenoxy) is 1. The van der Waals surface area contributed by atoms with Gasteiger partial charge in [0.15, 0.2) is 11.7 Å². The molecule has 0 aliphatic rings. The van der Waals surface area contributed by atoms with E-state index in [1.807, 2.05) is 76.2 Å². The van der Waals surface area contributed by atoms with Crippen LogP contribution in [0.1, 0.15) is 37.0 Å². The number of benzene rings is 3. The van der Waals surface area contributed by atoms with E-state index in [2.05, 4.69) is 10.3 Å². The van der Waals surface area contributed by atoms with Crippen molar-refractivity contribution >= 4 is 33.0 Å². The smallest absolute Gasteiger partial charge is 0.292 e. The van der Waals surface area contributed by atoms with E-state index in [4.69, 9.17) is 14.9 Å². The molecule has 0 aliphatic heterocycles. The molecule has 0 radical (unpaired) electrons. The molecule has 11 nitrogen and oxygen atoms in total. The summed E-state index contributed by atoms with van der Waals surface area (Å²) < 4.78 is 40.5. The molecular weight excluding hydrogens is 596 g/mol. The van der Waals surface area contributed by atoms with Gasteiger partial charge in [0.1, 0.15) is 11.3 Å². The number of aliphatic hydroxyl groups is 2. The van der Waals surface area contributed by atoms with Crippen LogP contribution in [-0.2, 0) is 21.2 Å². The van der Waals surface area contributed by atoms with Crippen molar-refractivity contribution in [2.75, 3.05) is 25.4 Å². The lowest BCUT2D eigenvalue weighted by atomic mass is 10.00. The van der Waals surface area contributed by atoms with Crippen molar-refractivity contribution in [1.82, 2.24) is 14.6 Å². The van der Waals surface area contributed by atoms with Crippen molar-refractivity contribution in [3.05, 3.63) is 83.4 Å². The highest BCUT2D eigenvalue weighted by Crippen LogP contribution is 2.26. The summed E-state index contributed by atoms with van der Waals surface area (Å²) in [6.45, 7) is 7.03. The van der Waals surface area contributed by atoms with Crippen molar-refractivity contribution in [3.63, 3.8) is 0 Å². The molecule has 3 atom stereocenters. The molecule has 0 fully saturated rings. The van der Waals surface area contributed by atoms with Crippen molar-refractivity contribution < 1.29 is 32.6 Å². The summed E-state index contributed by atoms with van der Waals surface area (Å²) in [4.78, 5) is 17.7. The van der Waals surface area contributed by atoms with E-state index in [9.17, 15) is 23.4 Å². The minimum atomic E-state index is -4.11. The number of sulfonamides is 1. The average molecular weight is 639 g/mol. The second kappa shape index (κ2) is 14.9. The number of nitrogens with one attached hydrogen (secondary N) is 1. The fraction of sp³-hybridized carbons (Fsp3) is 0.394. The number of aryl methyl sites for hydroxylation is 2. The second-order valence-electron chi connectivity index (χ2n) is 11.6. The third kappa shape index (κ3) is 8.60. The topological polar surface area (TPSA) is 168 Å². The maximum atomic E-state index is 13.9. The highest BCUT2D eigenvalue weighted by Gasteiger charge is 2.33. The molecule has 3 unspecified atom stereocenters. The Hall–Kier alpha value is -3.97. The van der Waals surface area contributed by atoms with E-state index in [1.54, 1.807) is 0 Å². The van der Waals surface area contributed by atoms with Crippen LogP contribution < -0.4 is 15.8 Å². The van der Waals surface area contributed by atoms with E-state index in [0.29, 0.717) is 11.3 Å². The van der Waals surface area contributed by atoms with Gasteiger partial charge in [0, 0.05) is 32.2 Å². The van der Waals surface area contributed by atoms with Gasteiger partial charge >= 0.3 is 0 Å². The van der Waals surface area contributed by atoms with Crippen molar-refractivity contribution in [3.8, 4) is 5.75 Å². The van der Waals surface area contributed by atoms with Crippen LogP contribution in [0.25, 0.3) is 11.1 Å². The maximum Gasteiger partial charge on any atom is 0.292 e. The molecule has 5 N–H and O–H groups in total. The summed E-state index contributed by atoms with van der Waals surface area (Å²) in [5.41, 5.74) is 8.82. The summed E-state index contributed by atoms with van der Waals surface area (Å²) in [5.74, 6) is -0.0530. The van der Waals surface area contributed by atoms with Gasteiger partial charge in [0.05, 0.1) is 17.0 Å². The quantitative estimate of drug-likeness (QED) is 0.152. The standard InChI is InChI=1S/C33H42N4O7S/c1-21(2)19-37(45(41,42)25-13-14-26-30(18-25)44-33(34)36-26)20-28(39)27(17-24-11-6-5-7-12-24)35-32(40)29(15-16-38)43-31-22(3)9-8-10-23(31)4/h5-14,18,21,27-29,38-39H,15-17,19-20H2,1-4H3,(H2,34,36)(H,35,40). The number of nitrogens with two attached hydrogens (primary N) is 1. The minimum Gasteiger partial charge on any atom is -0.480 e. The Bertz CT molecular complexity index is 1670. The van der Waals surface area contributed by atoms with Crippen LogP contribution in [0, 0.1) is 19.8 Å². The third-order valence-electron chi connectivity index (χ3n) is 7.42. The number of amides is 1.